The number of aromatic nitrogens is 1. The molecule has 0 bridgehead atoms. The molecule has 1 aromatic heterocycles. The standard InChI is InChI=1S/C20H23F2N3OS/c1-10-16(18(26)25-17-14-5-4-6-15(14)20(17,2)3)24-19(27-10)23-13-8-11(21)7-12(22)9-13/h7-9,14-15,17H,4-6H2,1-3H3,(H,23,24)(H,25,26). The maximum Gasteiger partial charge on any atom is 0.271 e. The molecule has 2 aromatic rings. The van der Waals surface area contributed by atoms with Crippen molar-refractivity contribution in [2.45, 2.75) is 46.1 Å². The zero-order valence-electron chi connectivity index (χ0n) is 15.6. The topological polar surface area (TPSA) is 54.0 Å². The molecule has 1 amide bonds. The quantitative estimate of drug-likeness (QED) is 0.769. The van der Waals surface area contributed by atoms with Crippen LogP contribution in [0.1, 0.15) is 48.5 Å². The first-order valence-electron chi connectivity index (χ1n) is 9.27. The molecule has 2 aliphatic rings. The van der Waals surface area contributed by atoms with Gasteiger partial charge in [0.15, 0.2) is 5.13 Å². The van der Waals surface area contributed by atoms with Gasteiger partial charge in [0.2, 0.25) is 0 Å². The van der Waals surface area contributed by atoms with Crippen molar-refractivity contribution in [1.29, 1.82) is 0 Å². The van der Waals surface area contributed by atoms with Gasteiger partial charge in [-0.05, 0) is 49.1 Å². The molecule has 27 heavy (non-hydrogen) atoms. The fraction of sp³-hybridized carbons (Fsp3) is 0.500. The van der Waals surface area contributed by atoms with Gasteiger partial charge in [0.1, 0.15) is 17.3 Å². The van der Waals surface area contributed by atoms with Gasteiger partial charge in [-0.3, -0.25) is 4.79 Å². The van der Waals surface area contributed by atoms with Gasteiger partial charge in [0.25, 0.3) is 5.91 Å². The van der Waals surface area contributed by atoms with E-state index in [0.29, 0.717) is 22.7 Å². The predicted molar refractivity (Wildman–Crippen MR) is 102 cm³/mol. The van der Waals surface area contributed by atoms with Crippen LogP contribution in [-0.2, 0) is 0 Å². The predicted octanol–water partition coefficient (Wildman–Crippen LogP) is 5.03. The molecule has 2 N–H and O–H groups in total. The van der Waals surface area contributed by atoms with Crippen molar-refractivity contribution in [1.82, 2.24) is 10.3 Å². The van der Waals surface area contributed by atoms with Crippen LogP contribution in [0.4, 0.5) is 19.6 Å². The molecule has 3 unspecified atom stereocenters. The van der Waals surface area contributed by atoms with E-state index in [0.717, 1.165) is 10.9 Å². The van der Waals surface area contributed by atoms with E-state index >= 15 is 0 Å². The van der Waals surface area contributed by atoms with Gasteiger partial charge in [0.05, 0.1) is 0 Å². The Morgan fingerprint density at radius 2 is 1.93 bits per heavy atom. The number of amides is 1. The number of hydrogen-bond acceptors (Lipinski definition) is 4. The van der Waals surface area contributed by atoms with E-state index in [1.807, 2.05) is 6.92 Å². The van der Waals surface area contributed by atoms with Crippen LogP contribution in [0.25, 0.3) is 0 Å². The lowest BCUT2D eigenvalue weighted by Crippen LogP contribution is -2.63. The highest BCUT2D eigenvalue weighted by molar-refractivity contribution is 7.15. The number of thiazole rings is 1. The van der Waals surface area contributed by atoms with Gasteiger partial charge in [-0.15, -0.1) is 11.3 Å². The van der Waals surface area contributed by atoms with E-state index in [9.17, 15) is 13.6 Å². The molecular formula is C20H23F2N3OS. The molecule has 0 radical (unpaired) electrons. The summed E-state index contributed by atoms with van der Waals surface area (Å²) in [4.78, 5) is 17.9. The molecule has 4 nitrogen and oxygen atoms in total. The Morgan fingerprint density at radius 3 is 2.63 bits per heavy atom. The molecule has 1 aromatic carbocycles. The summed E-state index contributed by atoms with van der Waals surface area (Å²) in [5, 5.41) is 6.51. The SMILES string of the molecule is Cc1sc(Nc2cc(F)cc(F)c2)nc1C(=O)NC1C2CCCC2C1(C)C. The number of anilines is 2. The Hall–Kier alpha value is -2.02. The highest BCUT2D eigenvalue weighted by atomic mass is 32.1. The maximum atomic E-state index is 13.4. The summed E-state index contributed by atoms with van der Waals surface area (Å²) in [7, 11) is 0. The molecule has 2 fully saturated rings. The maximum absolute atomic E-state index is 13.4. The number of carbonyl (C=O) groups is 1. The van der Waals surface area contributed by atoms with Gasteiger partial charge in [-0.25, -0.2) is 13.8 Å². The monoisotopic (exact) mass is 391 g/mol. The van der Waals surface area contributed by atoms with Crippen LogP contribution in [-0.4, -0.2) is 16.9 Å². The van der Waals surface area contributed by atoms with E-state index in [1.165, 1.54) is 42.7 Å². The average Bonchev–Trinajstić information content (AvgIpc) is 3.17. The number of nitrogens with zero attached hydrogens (tertiary/aromatic N) is 1. The first kappa shape index (κ1) is 18.3. The van der Waals surface area contributed by atoms with Gasteiger partial charge in [-0.2, -0.15) is 0 Å². The lowest BCUT2D eigenvalue weighted by molar-refractivity contribution is -0.0366. The first-order valence-corrected chi connectivity index (χ1v) is 10.1. The summed E-state index contributed by atoms with van der Waals surface area (Å²) in [5.74, 6) is -0.245. The molecule has 0 saturated heterocycles. The summed E-state index contributed by atoms with van der Waals surface area (Å²) in [6.07, 6.45) is 3.66. The minimum Gasteiger partial charge on any atom is -0.347 e. The third kappa shape index (κ3) is 3.22. The lowest BCUT2D eigenvalue weighted by Gasteiger charge is -2.56. The molecule has 1 heterocycles. The third-order valence-corrected chi connectivity index (χ3v) is 7.05. The van der Waals surface area contributed by atoms with Crippen molar-refractivity contribution in [3.05, 3.63) is 40.4 Å². The van der Waals surface area contributed by atoms with Crippen LogP contribution in [0.15, 0.2) is 18.2 Å². The molecule has 0 spiro atoms. The minimum atomic E-state index is -0.665. The Morgan fingerprint density at radius 1 is 1.22 bits per heavy atom. The Labute approximate surface area is 161 Å². The van der Waals surface area contributed by atoms with Crippen molar-refractivity contribution < 1.29 is 13.6 Å². The zero-order chi connectivity index (χ0) is 19.3. The lowest BCUT2D eigenvalue weighted by atomic mass is 9.53. The number of rotatable bonds is 4. The van der Waals surface area contributed by atoms with Crippen LogP contribution in [0, 0.1) is 35.8 Å². The smallest absolute Gasteiger partial charge is 0.271 e. The number of halogens is 2. The number of carbonyl (C=O) groups excluding carboxylic acids is 1. The van der Waals surface area contributed by atoms with E-state index in [2.05, 4.69) is 29.5 Å². The number of aryl methyl sites for hydroxylation is 1. The second kappa shape index (κ2) is 6.55. The summed E-state index contributed by atoms with van der Waals surface area (Å²) in [6, 6.07) is 3.37. The summed E-state index contributed by atoms with van der Waals surface area (Å²) < 4.78 is 26.7. The highest BCUT2D eigenvalue weighted by Gasteiger charge is 2.58. The fourth-order valence-electron chi connectivity index (χ4n) is 4.89. The highest BCUT2D eigenvalue weighted by Crippen LogP contribution is 2.58. The van der Waals surface area contributed by atoms with Gasteiger partial charge < -0.3 is 10.6 Å². The van der Waals surface area contributed by atoms with E-state index in [1.54, 1.807) is 0 Å². The van der Waals surface area contributed by atoms with E-state index in [-0.39, 0.29) is 23.1 Å². The molecule has 2 saturated carbocycles. The Kier molecular flexibility index (Phi) is 4.45. The van der Waals surface area contributed by atoms with Crippen molar-refractivity contribution in [3.63, 3.8) is 0 Å². The molecule has 3 atom stereocenters. The number of hydrogen-bond donors (Lipinski definition) is 2. The Bertz CT molecular complexity index is 875. The summed E-state index contributed by atoms with van der Waals surface area (Å²) in [5.41, 5.74) is 0.750. The first-order chi connectivity index (χ1) is 12.8. The minimum absolute atomic E-state index is 0.112. The molecular weight excluding hydrogens is 368 g/mol. The largest absolute Gasteiger partial charge is 0.347 e. The van der Waals surface area contributed by atoms with Crippen LogP contribution in [0.2, 0.25) is 0 Å². The Balaban J connectivity index is 1.49. The third-order valence-electron chi connectivity index (χ3n) is 6.17. The van der Waals surface area contributed by atoms with Crippen LogP contribution < -0.4 is 10.6 Å². The van der Waals surface area contributed by atoms with E-state index < -0.39 is 11.6 Å². The van der Waals surface area contributed by atoms with Gasteiger partial charge in [0, 0.05) is 22.7 Å². The van der Waals surface area contributed by atoms with Crippen LogP contribution in [0.5, 0.6) is 0 Å². The number of nitrogens with one attached hydrogen (secondary N) is 2. The van der Waals surface area contributed by atoms with E-state index in [4.69, 9.17) is 0 Å². The summed E-state index contributed by atoms with van der Waals surface area (Å²) >= 11 is 1.29. The molecule has 7 heteroatoms. The molecule has 2 aliphatic carbocycles. The van der Waals surface area contributed by atoms with Crippen LogP contribution >= 0.6 is 11.3 Å². The summed E-state index contributed by atoms with van der Waals surface area (Å²) in [6.45, 7) is 6.28. The molecule has 144 valence electrons. The zero-order valence-corrected chi connectivity index (χ0v) is 16.4. The van der Waals surface area contributed by atoms with Crippen molar-refractivity contribution >= 4 is 28.1 Å². The van der Waals surface area contributed by atoms with Crippen molar-refractivity contribution in [2.24, 2.45) is 17.3 Å². The van der Waals surface area contributed by atoms with Crippen molar-refractivity contribution in [3.8, 4) is 0 Å². The fourth-order valence-corrected chi connectivity index (χ4v) is 5.72. The van der Waals surface area contributed by atoms with Crippen molar-refractivity contribution in [2.75, 3.05) is 5.32 Å². The van der Waals surface area contributed by atoms with Gasteiger partial charge in [-0.1, -0.05) is 20.3 Å². The van der Waals surface area contributed by atoms with Gasteiger partial charge >= 0.3 is 0 Å². The second-order valence-corrected chi connectivity index (χ2v) is 9.38. The average molecular weight is 391 g/mol. The number of fused-ring (bicyclic) bond motifs is 1. The number of benzene rings is 1. The van der Waals surface area contributed by atoms with Crippen LogP contribution in [0.3, 0.4) is 0 Å². The normalized spacial score (nSPS) is 25.6. The second-order valence-electron chi connectivity index (χ2n) is 8.18. The molecule has 4 rings (SSSR count). The molecule has 0 aliphatic heterocycles.